The van der Waals surface area contributed by atoms with Crippen LogP contribution in [0.25, 0.3) is 0 Å². The van der Waals surface area contributed by atoms with Gasteiger partial charge in [0.1, 0.15) is 6.10 Å². The van der Waals surface area contributed by atoms with Gasteiger partial charge in [-0.3, -0.25) is 0 Å². The lowest BCUT2D eigenvalue weighted by atomic mass is 9.80. The van der Waals surface area contributed by atoms with Gasteiger partial charge in [0.2, 0.25) is 0 Å². The fourth-order valence-electron chi connectivity index (χ4n) is 3.81. The van der Waals surface area contributed by atoms with E-state index in [1.807, 2.05) is 0 Å². The van der Waals surface area contributed by atoms with Gasteiger partial charge in [0, 0.05) is 16.9 Å². The van der Waals surface area contributed by atoms with Crippen molar-refractivity contribution >= 4 is 23.3 Å². The van der Waals surface area contributed by atoms with Crippen molar-refractivity contribution in [3.05, 3.63) is 58.7 Å². The molecule has 30 heavy (non-hydrogen) atoms. The predicted octanol–water partition coefficient (Wildman–Crippen LogP) is 3.12. The van der Waals surface area contributed by atoms with Crippen molar-refractivity contribution in [1.29, 1.82) is 0 Å². The van der Waals surface area contributed by atoms with E-state index in [9.17, 15) is 27.9 Å². The normalized spacial score (nSPS) is 19.3. The average Bonchev–Trinajstić information content (AvgIpc) is 2.67. The Morgan fingerprint density at radius 3 is 2.13 bits per heavy atom. The lowest BCUT2D eigenvalue weighted by molar-refractivity contribution is -0.255. The first-order valence-electron chi connectivity index (χ1n) is 9.34. The lowest BCUT2D eigenvalue weighted by Gasteiger charge is -2.31. The molecule has 0 bridgehead atoms. The number of anilines is 2. The van der Waals surface area contributed by atoms with Crippen LogP contribution in [0.2, 0.25) is 0 Å². The number of carbonyl (C=O) groups is 2. The molecule has 3 rings (SSSR count). The molecular weight excluding hydrogens is 401 g/mol. The highest BCUT2D eigenvalue weighted by Gasteiger charge is 2.31. The zero-order chi connectivity index (χ0) is 22.1. The van der Waals surface area contributed by atoms with Crippen LogP contribution in [0, 0.1) is 0 Å². The van der Waals surface area contributed by atoms with E-state index in [0.29, 0.717) is 31.2 Å². The Hall–Kier alpha value is -3.23. The molecule has 0 aromatic heterocycles. The summed E-state index contributed by atoms with van der Waals surface area (Å²) >= 11 is 0. The van der Waals surface area contributed by atoms with E-state index in [-0.39, 0.29) is 28.4 Å². The van der Waals surface area contributed by atoms with Gasteiger partial charge < -0.3 is 26.1 Å². The smallest absolute Gasteiger partial charge is 0.416 e. The fraction of sp³-hybridized carbons (Fsp3) is 0.333. The van der Waals surface area contributed by atoms with E-state index in [4.69, 9.17) is 16.2 Å². The minimum Gasteiger partial charge on any atom is -0.545 e. The number of carboxylic acids is 1. The third-order valence-corrected chi connectivity index (χ3v) is 5.26. The van der Waals surface area contributed by atoms with Crippen LogP contribution in [0.5, 0.6) is 0 Å². The number of hydrogen-bond donors (Lipinski definition) is 2. The SMILES string of the molecule is Nc1cc(N)c(C2CCC(OC(=O)c3ccc(C(F)(F)F)cc3)CC2)c(C(=O)[O-])c1. The zero-order valence-corrected chi connectivity index (χ0v) is 15.9. The Kier molecular flexibility index (Phi) is 5.91. The second kappa shape index (κ2) is 8.25. The summed E-state index contributed by atoms with van der Waals surface area (Å²) < 4.78 is 43.3. The van der Waals surface area contributed by atoms with Gasteiger partial charge >= 0.3 is 12.1 Å². The summed E-state index contributed by atoms with van der Waals surface area (Å²) in [6, 6.07) is 6.64. The zero-order valence-electron chi connectivity index (χ0n) is 15.9. The minimum atomic E-state index is -4.48. The van der Waals surface area contributed by atoms with Crippen LogP contribution in [0.4, 0.5) is 24.5 Å². The molecule has 0 unspecified atom stereocenters. The summed E-state index contributed by atoms with van der Waals surface area (Å²) in [6.45, 7) is 0. The quantitative estimate of drug-likeness (QED) is 0.578. The van der Waals surface area contributed by atoms with E-state index >= 15 is 0 Å². The van der Waals surface area contributed by atoms with E-state index in [2.05, 4.69) is 0 Å². The summed E-state index contributed by atoms with van der Waals surface area (Å²) in [5.74, 6) is -2.21. The Morgan fingerprint density at radius 1 is 1.00 bits per heavy atom. The second-order valence-electron chi connectivity index (χ2n) is 7.31. The van der Waals surface area contributed by atoms with Crippen molar-refractivity contribution < 1.29 is 32.6 Å². The fourth-order valence-corrected chi connectivity index (χ4v) is 3.81. The first kappa shape index (κ1) is 21.5. The summed E-state index contributed by atoms with van der Waals surface area (Å²) in [6.07, 6.45) is -2.91. The molecule has 160 valence electrons. The molecule has 2 aromatic rings. The van der Waals surface area contributed by atoms with E-state index in [1.165, 1.54) is 12.1 Å². The number of halogens is 3. The first-order chi connectivity index (χ1) is 14.1. The maximum atomic E-state index is 12.6. The van der Waals surface area contributed by atoms with Crippen molar-refractivity contribution in [1.82, 2.24) is 0 Å². The largest absolute Gasteiger partial charge is 0.545 e. The number of hydrogen-bond acceptors (Lipinski definition) is 6. The summed E-state index contributed by atoms with van der Waals surface area (Å²) in [4.78, 5) is 23.7. The number of carbonyl (C=O) groups excluding carboxylic acids is 2. The van der Waals surface area contributed by atoms with Gasteiger partial charge in [-0.2, -0.15) is 13.2 Å². The van der Waals surface area contributed by atoms with Gasteiger partial charge in [-0.05, 0) is 73.6 Å². The van der Waals surface area contributed by atoms with Gasteiger partial charge in [0.25, 0.3) is 0 Å². The van der Waals surface area contributed by atoms with Gasteiger partial charge in [0.05, 0.1) is 17.1 Å². The predicted molar refractivity (Wildman–Crippen MR) is 101 cm³/mol. The van der Waals surface area contributed by atoms with Gasteiger partial charge in [-0.15, -0.1) is 0 Å². The molecular formula is C21H20F3N2O4-. The molecule has 0 amide bonds. The lowest BCUT2D eigenvalue weighted by Crippen LogP contribution is -2.28. The molecule has 0 aliphatic heterocycles. The molecule has 9 heteroatoms. The molecule has 2 aromatic carbocycles. The highest BCUT2D eigenvalue weighted by molar-refractivity contribution is 5.91. The third kappa shape index (κ3) is 4.67. The van der Waals surface area contributed by atoms with Crippen LogP contribution in [-0.2, 0) is 10.9 Å². The third-order valence-electron chi connectivity index (χ3n) is 5.26. The summed E-state index contributed by atoms with van der Waals surface area (Å²) in [5, 5.41) is 11.5. The molecule has 0 radical (unpaired) electrons. The Balaban J connectivity index is 1.64. The van der Waals surface area contributed by atoms with Crippen molar-refractivity contribution in [3.63, 3.8) is 0 Å². The Bertz CT molecular complexity index is 950. The van der Waals surface area contributed by atoms with Crippen LogP contribution in [0.1, 0.15) is 63.4 Å². The van der Waals surface area contributed by atoms with Crippen LogP contribution >= 0.6 is 0 Å². The molecule has 1 saturated carbocycles. The van der Waals surface area contributed by atoms with E-state index in [1.54, 1.807) is 0 Å². The van der Waals surface area contributed by atoms with Gasteiger partial charge in [0.15, 0.2) is 0 Å². The van der Waals surface area contributed by atoms with Crippen molar-refractivity contribution in [2.75, 3.05) is 11.5 Å². The monoisotopic (exact) mass is 421 g/mol. The van der Waals surface area contributed by atoms with Gasteiger partial charge in [-0.25, -0.2) is 4.79 Å². The number of nitrogen functional groups attached to an aromatic ring is 2. The number of ether oxygens (including phenoxy) is 1. The van der Waals surface area contributed by atoms with E-state index in [0.717, 1.165) is 24.3 Å². The number of aromatic carboxylic acids is 1. The molecule has 0 saturated heterocycles. The molecule has 1 fully saturated rings. The van der Waals surface area contributed by atoms with Crippen LogP contribution in [-0.4, -0.2) is 18.0 Å². The molecule has 1 aliphatic rings. The highest BCUT2D eigenvalue weighted by atomic mass is 19.4. The number of benzene rings is 2. The number of alkyl halides is 3. The average molecular weight is 421 g/mol. The van der Waals surface area contributed by atoms with Crippen molar-refractivity contribution in [2.24, 2.45) is 0 Å². The van der Waals surface area contributed by atoms with Crippen LogP contribution < -0.4 is 16.6 Å². The number of carboxylic acid groups (broad SMARTS) is 1. The van der Waals surface area contributed by atoms with E-state index < -0.39 is 29.8 Å². The summed E-state index contributed by atoms with van der Waals surface area (Å²) in [5.41, 5.74) is 11.8. The maximum Gasteiger partial charge on any atom is 0.416 e. The standard InChI is InChI=1S/C21H21F3N2O4/c22-21(23,24)13-5-1-12(2-6-13)20(29)30-15-7-3-11(4-8-15)18-16(19(27)28)9-14(25)10-17(18)26/h1-2,5-6,9-11,15H,3-4,7-8,25-26H2,(H,27,28)/p-1. The topological polar surface area (TPSA) is 118 Å². The van der Waals surface area contributed by atoms with Crippen LogP contribution in [0.3, 0.4) is 0 Å². The Labute approximate surface area is 170 Å². The van der Waals surface area contributed by atoms with Crippen molar-refractivity contribution in [3.8, 4) is 0 Å². The maximum absolute atomic E-state index is 12.6. The first-order valence-corrected chi connectivity index (χ1v) is 9.34. The number of nitrogens with two attached hydrogens (primary N) is 2. The summed E-state index contributed by atoms with van der Waals surface area (Å²) in [7, 11) is 0. The molecule has 0 heterocycles. The number of rotatable bonds is 4. The molecule has 6 nitrogen and oxygen atoms in total. The molecule has 0 spiro atoms. The van der Waals surface area contributed by atoms with Crippen molar-refractivity contribution in [2.45, 2.75) is 43.9 Å². The molecule has 4 N–H and O–H groups in total. The van der Waals surface area contributed by atoms with Crippen LogP contribution in [0.15, 0.2) is 36.4 Å². The molecule has 1 aliphatic carbocycles. The Morgan fingerprint density at radius 2 is 1.60 bits per heavy atom. The molecule has 0 atom stereocenters. The minimum absolute atomic E-state index is 0.0344. The van der Waals surface area contributed by atoms with Gasteiger partial charge in [-0.1, -0.05) is 0 Å². The highest BCUT2D eigenvalue weighted by Crippen LogP contribution is 2.39. The number of esters is 1. The second-order valence-corrected chi connectivity index (χ2v) is 7.31.